The van der Waals surface area contributed by atoms with E-state index >= 15 is 0 Å². The number of anilines is 1. The number of rotatable bonds is 4. The summed E-state index contributed by atoms with van der Waals surface area (Å²) in [4.78, 5) is 19.0. The first-order valence-electron chi connectivity index (χ1n) is 4.52. The third-order valence-electron chi connectivity index (χ3n) is 1.81. The van der Waals surface area contributed by atoms with Gasteiger partial charge in [0.2, 0.25) is 5.95 Å². The highest BCUT2D eigenvalue weighted by Crippen LogP contribution is 2.04. The van der Waals surface area contributed by atoms with Crippen LogP contribution in [0, 0.1) is 0 Å². The minimum Gasteiger partial charge on any atom is -0.464 e. The molecule has 1 rings (SSSR count). The van der Waals surface area contributed by atoms with Gasteiger partial charge in [0.25, 0.3) is 0 Å². The van der Waals surface area contributed by atoms with E-state index in [1.807, 2.05) is 6.92 Å². The Morgan fingerprint density at radius 1 is 1.53 bits per heavy atom. The molecule has 5 heteroatoms. The molecule has 0 amide bonds. The van der Waals surface area contributed by atoms with Crippen LogP contribution in [0.2, 0.25) is 0 Å². The number of carbonyl (C=O) groups is 1. The van der Waals surface area contributed by atoms with Gasteiger partial charge in [0.15, 0.2) is 0 Å². The van der Waals surface area contributed by atoms with E-state index in [0.29, 0.717) is 5.95 Å². The second kappa shape index (κ2) is 5.09. The number of esters is 1. The van der Waals surface area contributed by atoms with Crippen molar-refractivity contribution in [1.29, 1.82) is 0 Å². The van der Waals surface area contributed by atoms with E-state index in [4.69, 9.17) is 0 Å². The lowest BCUT2D eigenvalue weighted by molar-refractivity contribution is -0.135. The fourth-order valence-electron chi connectivity index (χ4n) is 0.911. The third kappa shape index (κ3) is 3.05. The monoisotopic (exact) mass is 207 g/mol. The quantitative estimate of drug-likeness (QED) is 0.592. The van der Waals surface area contributed by atoms with Gasteiger partial charge in [-0.3, -0.25) is 0 Å². The largest absolute Gasteiger partial charge is 0.464 e. The van der Waals surface area contributed by atoms with E-state index < -0.39 is 5.97 Å². The van der Waals surface area contributed by atoms with Gasteiger partial charge in [-0.2, -0.15) is 0 Å². The Kier molecular flexibility index (Phi) is 3.79. The van der Waals surface area contributed by atoms with E-state index in [0.717, 1.165) is 12.0 Å². The topological polar surface area (TPSA) is 64.1 Å². The lowest BCUT2D eigenvalue weighted by atomic mass is 10.3. The van der Waals surface area contributed by atoms with Crippen LogP contribution >= 0.6 is 0 Å². The number of hydrogen-bond acceptors (Lipinski definition) is 5. The summed E-state index contributed by atoms with van der Waals surface area (Å²) in [7, 11) is 1.29. The van der Waals surface area contributed by atoms with Gasteiger partial charge in [-0.25, -0.2) is 14.8 Å². The van der Waals surface area contributed by atoms with Crippen LogP contribution in [0.3, 0.4) is 0 Å². The Labute approximate surface area is 88.2 Å². The minimum atomic E-state index is -0.529. The Morgan fingerprint density at radius 2 is 2.13 bits per heavy atom. The van der Waals surface area contributed by atoms with E-state index in [1.54, 1.807) is 12.4 Å². The molecule has 5 nitrogen and oxygen atoms in total. The molecule has 0 aromatic carbocycles. The van der Waals surface area contributed by atoms with Gasteiger partial charge in [-0.15, -0.1) is 0 Å². The summed E-state index contributed by atoms with van der Waals surface area (Å²) >= 11 is 0. The van der Waals surface area contributed by atoms with Crippen LogP contribution in [-0.2, 0) is 16.0 Å². The van der Waals surface area contributed by atoms with E-state index in [-0.39, 0.29) is 5.70 Å². The van der Waals surface area contributed by atoms with Crippen LogP contribution in [0.4, 0.5) is 5.95 Å². The number of ether oxygens (including phenoxy) is 1. The van der Waals surface area contributed by atoms with Gasteiger partial charge in [0, 0.05) is 12.4 Å². The Morgan fingerprint density at radius 3 is 2.60 bits per heavy atom. The summed E-state index contributed by atoms with van der Waals surface area (Å²) in [5.74, 6) is -0.194. The first-order valence-corrected chi connectivity index (χ1v) is 4.52. The van der Waals surface area contributed by atoms with Crippen molar-refractivity contribution in [3.63, 3.8) is 0 Å². The SMILES string of the molecule is C=C(Nc1ncc(CC)cn1)C(=O)OC. The van der Waals surface area contributed by atoms with Crippen LogP contribution in [0.25, 0.3) is 0 Å². The normalized spacial score (nSPS) is 9.47. The van der Waals surface area contributed by atoms with Crippen molar-refractivity contribution >= 4 is 11.9 Å². The fourth-order valence-corrected chi connectivity index (χ4v) is 0.911. The van der Waals surface area contributed by atoms with Crippen LogP contribution in [0.5, 0.6) is 0 Å². The summed E-state index contributed by atoms with van der Waals surface area (Å²) < 4.78 is 4.47. The lowest BCUT2D eigenvalue weighted by Gasteiger charge is -2.05. The molecule has 1 aromatic rings. The summed E-state index contributed by atoms with van der Waals surface area (Å²) in [6.07, 6.45) is 4.26. The molecule has 0 bridgehead atoms. The van der Waals surface area contributed by atoms with Crippen molar-refractivity contribution in [1.82, 2.24) is 9.97 Å². The second-order valence-corrected chi connectivity index (χ2v) is 2.86. The molecule has 15 heavy (non-hydrogen) atoms. The number of hydrogen-bond donors (Lipinski definition) is 1. The first kappa shape index (κ1) is 11.2. The van der Waals surface area contributed by atoms with Crippen LogP contribution in [-0.4, -0.2) is 23.0 Å². The molecule has 0 aliphatic heterocycles. The number of nitrogens with zero attached hydrogens (tertiary/aromatic N) is 2. The van der Waals surface area contributed by atoms with Gasteiger partial charge in [-0.1, -0.05) is 13.5 Å². The Bertz CT molecular complexity index is 359. The van der Waals surface area contributed by atoms with Crippen molar-refractivity contribution in [3.8, 4) is 0 Å². The molecule has 0 saturated carbocycles. The number of methoxy groups -OCH3 is 1. The lowest BCUT2D eigenvalue weighted by Crippen LogP contribution is -2.13. The molecule has 1 N–H and O–H groups in total. The van der Waals surface area contributed by atoms with E-state index in [2.05, 4.69) is 26.6 Å². The maximum absolute atomic E-state index is 11.0. The van der Waals surface area contributed by atoms with Gasteiger partial charge in [0.1, 0.15) is 5.70 Å². The summed E-state index contributed by atoms with van der Waals surface area (Å²) in [5.41, 5.74) is 1.14. The maximum atomic E-state index is 11.0. The molecule has 80 valence electrons. The Hall–Kier alpha value is -1.91. The molecule has 1 aromatic heterocycles. The highest BCUT2D eigenvalue weighted by Gasteiger charge is 2.07. The number of nitrogens with one attached hydrogen (secondary N) is 1. The average Bonchev–Trinajstić information content (AvgIpc) is 2.29. The molecule has 0 radical (unpaired) electrons. The zero-order valence-electron chi connectivity index (χ0n) is 8.78. The highest BCUT2D eigenvalue weighted by molar-refractivity contribution is 5.90. The third-order valence-corrected chi connectivity index (χ3v) is 1.81. The van der Waals surface area contributed by atoms with Gasteiger partial charge >= 0.3 is 5.97 Å². The summed E-state index contributed by atoms with van der Waals surface area (Å²) in [6.45, 7) is 5.51. The van der Waals surface area contributed by atoms with Crippen LogP contribution in [0.15, 0.2) is 24.7 Å². The van der Waals surface area contributed by atoms with Crippen molar-refractivity contribution in [2.45, 2.75) is 13.3 Å². The Balaban J connectivity index is 2.65. The molecule has 0 spiro atoms. The molecular formula is C10H13N3O2. The summed E-state index contributed by atoms with van der Waals surface area (Å²) in [5, 5.41) is 2.65. The first-order chi connectivity index (χ1) is 7.17. The maximum Gasteiger partial charge on any atom is 0.353 e. The van der Waals surface area contributed by atoms with Crippen LogP contribution < -0.4 is 5.32 Å². The predicted octanol–water partition coefficient (Wildman–Crippen LogP) is 1.14. The molecule has 0 fully saturated rings. The highest BCUT2D eigenvalue weighted by atomic mass is 16.5. The average molecular weight is 207 g/mol. The fraction of sp³-hybridized carbons (Fsp3) is 0.300. The molecule has 0 aliphatic carbocycles. The molecular weight excluding hydrogens is 194 g/mol. The van der Waals surface area contributed by atoms with Gasteiger partial charge in [0.05, 0.1) is 7.11 Å². The minimum absolute atomic E-state index is 0.113. The second-order valence-electron chi connectivity index (χ2n) is 2.86. The molecule has 0 unspecified atom stereocenters. The van der Waals surface area contributed by atoms with Gasteiger partial charge in [-0.05, 0) is 12.0 Å². The molecule has 0 atom stereocenters. The number of aromatic nitrogens is 2. The zero-order chi connectivity index (χ0) is 11.3. The van der Waals surface area contributed by atoms with Crippen molar-refractivity contribution in [3.05, 3.63) is 30.2 Å². The summed E-state index contributed by atoms with van der Waals surface area (Å²) in [6, 6.07) is 0. The zero-order valence-corrected chi connectivity index (χ0v) is 8.78. The standard InChI is InChI=1S/C10H13N3O2/c1-4-8-5-11-10(12-6-8)13-7(2)9(14)15-3/h5-6H,2,4H2,1,3H3,(H,11,12,13). The van der Waals surface area contributed by atoms with E-state index in [9.17, 15) is 4.79 Å². The molecule has 0 saturated heterocycles. The van der Waals surface area contributed by atoms with Crippen molar-refractivity contribution < 1.29 is 9.53 Å². The molecule has 0 aliphatic rings. The van der Waals surface area contributed by atoms with Crippen molar-refractivity contribution in [2.75, 3.05) is 12.4 Å². The predicted molar refractivity (Wildman–Crippen MR) is 56.2 cm³/mol. The van der Waals surface area contributed by atoms with E-state index in [1.165, 1.54) is 7.11 Å². The number of carbonyl (C=O) groups excluding carboxylic acids is 1. The van der Waals surface area contributed by atoms with Crippen LogP contribution in [0.1, 0.15) is 12.5 Å². The molecule has 1 heterocycles. The van der Waals surface area contributed by atoms with Crippen molar-refractivity contribution in [2.24, 2.45) is 0 Å². The smallest absolute Gasteiger partial charge is 0.353 e. The van der Waals surface area contributed by atoms with Gasteiger partial charge < -0.3 is 10.1 Å². The number of aryl methyl sites for hydroxylation is 1.